The SMILES string of the molecule is COc1cc(NC(=O)c2cc(-c3ccc(Cl)cc3Cl)nc3c(C)cc(C)cc23)c(OC)cc1Br. The molecule has 8 heteroatoms. The predicted octanol–water partition coefficient (Wildman–Crippen LogP) is 7.86. The summed E-state index contributed by atoms with van der Waals surface area (Å²) in [5.41, 5.74) is 4.91. The number of aryl methyl sites for hydroxylation is 2. The van der Waals surface area contributed by atoms with E-state index in [0.717, 1.165) is 22.0 Å². The molecule has 1 N–H and O–H groups in total. The molecule has 1 aromatic heterocycles. The summed E-state index contributed by atoms with van der Waals surface area (Å²) in [4.78, 5) is 18.5. The normalized spacial score (nSPS) is 10.9. The molecule has 0 spiro atoms. The highest BCUT2D eigenvalue weighted by Gasteiger charge is 2.19. The van der Waals surface area contributed by atoms with Gasteiger partial charge in [0.15, 0.2) is 0 Å². The minimum absolute atomic E-state index is 0.314. The van der Waals surface area contributed by atoms with Gasteiger partial charge in [0.1, 0.15) is 11.5 Å². The van der Waals surface area contributed by atoms with Gasteiger partial charge in [0, 0.05) is 28.1 Å². The number of pyridine rings is 1. The lowest BCUT2D eigenvalue weighted by Crippen LogP contribution is -2.14. The molecule has 0 saturated carbocycles. The summed E-state index contributed by atoms with van der Waals surface area (Å²) in [7, 11) is 3.10. The van der Waals surface area contributed by atoms with Gasteiger partial charge < -0.3 is 14.8 Å². The number of nitrogens with one attached hydrogen (secondary N) is 1. The summed E-state index contributed by atoms with van der Waals surface area (Å²) in [5, 5.41) is 4.69. The zero-order chi connectivity index (χ0) is 24.6. The molecule has 5 nitrogen and oxygen atoms in total. The molecular weight excluding hydrogens is 539 g/mol. The molecule has 0 atom stereocenters. The van der Waals surface area contributed by atoms with Crippen LogP contribution in [0.1, 0.15) is 21.5 Å². The monoisotopic (exact) mass is 558 g/mol. The van der Waals surface area contributed by atoms with Crippen molar-refractivity contribution in [3.63, 3.8) is 0 Å². The van der Waals surface area contributed by atoms with E-state index in [1.54, 1.807) is 50.6 Å². The standard InChI is InChI=1S/C26H21BrCl2N2O3/c1-13-7-14(2)25-17(8-13)18(10-21(30-25)16-6-5-15(28)9-20(16)29)26(32)31-22-12-23(33-3)19(27)11-24(22)34-4/h5-12H,1-4H3,(H,31,32). The third-order valence-corrected chi connectivity index (χ3v) is 6.59. The maximum Gasteiger partial charge on any atom is 0.256 e. The summed E-state index contributed by atoms with van der Waals surface area (Å²) >= 11 is 16.0. The Morgan fingerprint density at radius 1 is 0.971 bits per heavy atom. The van der Waals surface area contributed by atoms with Gasteiger partial charge in [-0.25, -0.2) is 4.98 Å². The Balaban J connectivity index is 1.90. The van der Waals surface area contributed by atoms with Crippen LogP contribution in [0.25, 0.3) is 22.2 Å². The average Bonchev–Trinajstić information content (AvgIpc) is 2.79. The number of methoxy groups -OCH3 is 2. The number of carbonyl (C=O) groups is 1. The van der Waals surface area contributed by atoms with Crippen LogP contribution in [0.5, 0.6) is 11.5 Å². The van der Waals surface area contributed by atoms with Gasteiger partial charge in [-0.2, -0.15) is 0 Å². The molecule has 0 aliphatic rings. The van der Waals surface area contributed by atoms with Gasteiger partial charge in [-0.3, -0.25) is 4.79 Å². The predicted molar refractivity (Wildman–Crippen MR) is 142 cm³/mol. The maximum absolute atomic E-state index is 13.6. The Kier molecular flexibility index (Phi) is 7.03. The van der Waals surface area contributed by atoms with Crippen molar-refractivity contribution in [1.82, 2.24) is 4.98 Å². The fourth-order valence-electron chi connectivity index (χ4n) is 3.85. The third kappa shape index (κ3) is 4.71. The lowest BCUT2D eigenvalue weighted by Gasteiger charge is -2.16. The van der Waals surface area contributed by atoms with Crippen LogP contribution in [0.2, 0.25) is 10.0 Å². The summed E-state index contributed by atoms with van der Waals surface area (Å²) in [5.74, 6) is 0.745. The van der Waals surface area contributed by atoms with E-state index in [4.69, 9.17) is 37.7 Å². The van der Waals surface area contributed by atoms with Crippen LogP contribution in [-0.4, -0.2) is 25.1 Å². The number of rotatable bonds is 5. The second-order valence-electron chi connectivity index (χ2n) is 7.80. The summed E-state index contributed by atoms with van der Waals surface area (Å²) in [6.45, 7) is 3.96. The molecule has 34 heavy (non-hydrogen) atoms. The molecule has 0 radical (unpaired) electrons. The Hall–Kier alpha value is -2.80. The van der Waals surface area contributed by atoms with Crippen molar-refractivity contribution in [2.45, 2.75) is 13.8 Å². The van der Waals surface area contributed by atoms with Gasteiger partial charge in [0.2, 0.25) is 0 Å². The zero-order valence-corrected chi connectivity index (χ0v) is 22.0. The van der Waals surface area contributed by atoms with Gasteiger partial charge in [0.05, 0.1) is 46.2 Å². The Morgan fingerprint density at radius 2 is 1.71 bits per heavy atom. The molecule has 4 rings (SSSR count). The number of carbonyl (C=O) groups excluding carboxylic acids is 1. The molecule has 3 aromatic carbocycles. The number of hydrogen-bond donors (Lipinski definition) is 1. The van der Waals surface area contributed by atoms with Crippen molar-refractivity contribution < 1.29 is 14.3 Å². The number of anilines is 1. The van der Waals surface area contributed by atoms with Gasteiger partial charge in [-0.15, -0.1) is 0 Å². The summed E-state index contributed by atoms with van der Waals surface area (Å²) in [6, 6.07) is 14.4. The van der Waals surface area contributed by atoms with E-state index in [0.29, 0.717) is 48.5 Å². The van der Waals surface area contributed by atoms with Gasteiger partial charge in [-0.05, 0) is 65.7 Å². The van der Waals surface area contributed by atoms with E-state index in [1.807, 2.05) is 26.0 Å². The number of hydrogen-bond acceptors (Lipinski definition) is 4. The topological polar surface area (TPSA) is 60.5 Å². The Bertz CT molecular complexity index is 1440. The van der Waals surface area contributed by atoms with E-state index in [9.17, 15) is 4.79 Å². The lowest BCUT2D eigenvalue weighted by atomic mass is 9.99. The van der Waals surface area contributed by atoms with E-state index in [1.165, 1.54) is 0 Å². The fraction of sp³-hybridized carbons (Fsp3) is 0.154. The van der Waals surface area contributed by atoms with Crippen molar-refractivity contribution in [3.8, 4) is 22.8 Å². The third-order valence-electron chi connectivity index (χ3n) is 5.42. The molecule has 4 aromatic rings. The van der Waals surface area contributed by atoms with Crippen LogP contribution in [0.3, 0.4) is 0 Å². The van der Waals surface area contributed by atoms with Crippen LogP contribution < -0.4 is 14.8 Å². The average molecular weight is 560 g/mol. The highest BCUT2D eigenvalue weighted by atomic mass is 79.9. The van der Waals surface area contributed by atoms with Gasteiger partial charge in [0.25, 0.3) is 5.91 Å². The van der Waals surface area contributed by atoms with Crippen LogP contribution in [0.15, 0.2) is 53.0 Å². The first-order valence-electron chi connectivity index (χ1n) is 10.3. The van der Waals surface area contributed by atoms with E-state index in [2.05, 4.69) is 21.2 Å². The minimum atomic E-state index is -0.314. The second kappa shape index (κ2) is 9.82. The molecule has 0 unspecified atom stereocenters. The second-order valence-corrected chi connectivity index (χ2v) is 9.50. The van der Waals surface area contributed by atoms with Crippen LogP contribution >= 0.6 is 39.1 Å². The molecule has 0 fully saturated rings. The smallest absolute Gasteiger partial charge is 0.256 e. The molecule has 0 aliphatic heterocycles. The number of aromatic nitrogens is 1. The zero-order valence-electron chi connectivity index (χ0n) is 18.9. The maximum atomic E-state index is 13.6. The first kappa shape index (κ1) is 24.3. The number of nitrogens with zero attached hydrogens (tertiary/aromatic N) is 1. The highest BCUT2D eigenvalue weighted by Crippen LogP contribution is 2.37. The number of ether oxygens (including phenoxy) is 2. The van der Waals surface area contributed by atoms with Crippen molar-refractivity contribution in [2.24, 2.45) is 0 Å². The van der Waals surface area contributed by atoms with E-state index in [-0.39, 0.29) is 5.91 Å². The first-order chi connectivity index (χ1) is 16.2. The molecule has 0 bridgehead atoms. The number of amides is 1. The molecule has 174 valence electrons. The summed E-state index contributed by atoms with van der Waals surface area (Å²) in [6.07, 6.45) is 0. The number of benzene rings is 3. The fourth-order valence-corrected chi connectivity index (χ4v) is 4.84. The van der Waals surface area contributed by atoms with Crippen LogP contribution in [0, 0.1) is 13.8 Å². The van der Waals surface area contributed by atoms with Crippen molar-refractivity contribution in [2.75, 3.05) is 19.5 Å². The largest absolute Gasteiger partial charge is 0.495 e. The molecule has 1 amide bonds. The van der Waals surface area contributed by atoms with Crippen molar-refractivity contribution >= 4 is 61.6 Å². The lowest BCUT2D eigenvalue weighted by molar-refractivity contribution is 0.102. The van der Waals surface area contributed by atoms with E-state index >= 15 is 0 Å². The Labute approximate surface area is 216 Å². The quantitative estimate of drug-likeness (QED) is 0.270. The van der Waals surface area contributed by atoms with Crippen molar-refractivity contribution in [3.05, 3.63) is 79.7 Å². The molecule has 0 saturated heterocycles. The van der Waals surface area contributed by atoms with Gasteiger partial charge >= 0.3 is 0 Å². The van der Waals surface area contributed by atoms with Gasteiger partial charge in [-0.1, -0.05) is 34.8 Å². The molecule has 0 aliphatic carbocycles. The molecular formula is C26H21BrCl2N2O3. The highest BCUT2D eigenvalue weighted by molar-refractivity contribution is 9.10. The Morgan fingerprint density at radius 3 is 2.38 bits per heavy atom. The summed E-state index contributed by atoms with van der Waals surface area (Å²) < 4.78 is 11.6. The minimum Gasteiger partial charge on any atom is -0.495 e. The number of halogens is 3. The number of fused-ring (bicyclic) bond motifs is 1. The van der Waals surface area contributed by atoms with E-state index < -0.39 is 0 Å². The van der Waals surface area contributed by atoms with Crippen molar-refractivity contribution in [1.29, 1.82) is 0 Å². The van der Waals surface area contributed by atoms with Crippen LogP contribution in [-0.2, 0) is 0 Å². The van der Waals surface area contributed by atoms with Crippen LogP contribution in [0.4, 0.5) is 5.69 Å². The molecule has 1 heterocycles. The first-order valence-corrected chi connectivity index (χ1v) is 11.9.